The SMILES string of the molecule is CSc1cccc(N2C(=O)N(Cc3c(F)cc(F)cc3Cl)c3ccccc3S2(=O)=O)c1. The molecule has 0 fully saturated rings. The Hall–Kier alpha value is -2.62. The summed E-state index contributed by atoms with van der Waals surface area (Å²) in [6.07, 6.45) is 1.83. The number of anilines is 2. The third kappa shape index (κ3) is 3.77. The second-order valence-electron chi connectivity index (χ2n) is 6.66. The minimum atomic E-state index is -4.22. The fraction of sp³-hybridized carbons (Fsp3) is 0.0952. The van der Waals surface area contributed by atoms with E-state index in [1.165, 1.54) is 36.0 Å². The molecule has 0 N–H and O–H groups in total. The minimum absolute atomic E-state index is 0.0876. The largest absolute Gasteiger partial charge is 0.343 e. The van der Waals surface area contributed by atoms with Crippen LogP contribution in [0, 0.1) is 11.6 Å². The summed E-state index contributed by atoms with van der Waals surface area (Å²) in [4.78, 5) is 15.2. The average molecular weight is 481 g/mol. The lowest BCUT2D eigenvalue weighted by Gasteiger charge is -2.36. The van der Waals surface area contributed by atoms with Gasteiger partial charge in [0.15, 0.2) is 0 Å². The van der Waals surface area contributed by atoms with Gasteiger partial charge < -0.3 is 0 Å². The number of rotatable bonds is 4. The molecule has 1 heterocycles. The Morgan fingerprint density at radius 2 is 1.77 bits per heavy atom. The van der Waals surface area contributed by atoms with Crippen LogP contribution in [0.4, 0.5) is 25.0 Å². The third-order valence-corrected chi connectivity index (χ3v) is 7.60. The third-order valence-electron chi connectivity index (χ3n) is 4.79. The maximum Gasteiger partial charge on any atom is 0.343 e. The second-order valence-corrected chi connectivity index (χ2v) is 9.70. The highest BCUT2D eigenvalue weighted by molar-refractivity contribution is 7.98. The summed E-state index contributed by atoms with van der Waals surface area (Å²) in [5.74, 6) is -1.78. The summed E-state index contributed by atoms with van der Waals surface area (Å²) in [7, 11) is -4.22. The molecule has 0 saturated carbocycles. The van der Waals surface area contributed by atoms with Crippen LogP contribution < -0.4 is 9.21 Å². The minimum Gasteiger partial charge on any atom is -0.287 e. The van der Waals surface area contributed by atoms with Crippen molar-refractivity contribution in [3.8, 4) is 0 Å². The molecule has 4 rings (SSSR count). The first-order valence-corrected chi connectivity index (χ1v) is 12.0. The lowest BCUT2D eigenvalue weighted by atomic mass is 10.1. The highest BCUT2D eigenvalue weighted by Crippen LogP contribution is 2.39. The lowest BCUT2D eigenvalue weighted by molar-refractivity contribution is 0.253. The van der Waals surface area contributed by atoms with Crippen LogP contribution in [0.3, 0.4) is 0 Å². The number of carbonyl (C=O) groups excluding carboxylic acids is 1. The molecule has 31 heavy (non-hydrogen) atoms. The number of halogens is 3. The predicted molar refractivity (Wildman–Crippen MR) is 117 cm³/mol. The Balaban J connectivity index is 1.89. The van der Waals surface area contributed by atoms with Crippen molar-refractivity contribution in [1.82, 2.24) is 0 Å². The number of nitrogens with zero attached hydrogens (tertiary/aromatic N) is 2. The van der Waals surface area contributed by atoms with Crippen molar-refractivity contribution in [2.24, 2.45) is 0 Å². The molecule has 160 valence electrons. The number of thioether (sulfide) groups is 1. The molecular formula is C21H15ClF2N2O3S2. The zero-order valence-corrected chi connectivity index (χ0v) is 18.4. The van der Waals surface area contributed by atoms with E-state index >= 15 is 0 Å². The van der Waals surface area contributed by atoms with E-state index in [1.54, 1.807) is 24.3 Å². The number of hydrogen-bond acceptors (Lipinski definition) is 4. The molecular weight excluding hydrogens is 466 g/mol. The quantitative estimate of drug-likeness (QED) is 0.451. The predicted octanol–water partition coefficient (Wildman–Crippen LogP) is 5.68. The summed E-state index contributed by atoms with van der Waals surface area (Å²) < 4.78 is 55.2. The fourth-order valence-electron chi connectivity index (χ4n) is 3.33. The summed E-state index contributed by atoms with van der Waals surface area (Å²) >= 11 is 7.42. The van der Waals surface area contributed by atoms with E-state index in [1.807, 2.05) is 6.26 Å². The van der Waals surface area contributed by atoms with Gasteiger partial charge in [0.2, 0.25) is 0 Å². The Bertz CT molecular complexity index is 1280. The normalized spacial score (nSPS) is 15.2. The van der Waals surface area contributed by atoms with E-state index in [0.29, 0.717) is 10.4 Å². The molecule has 0 radical (unpaired) electrons. The highest BCUT2D eigenvalue weighted by atomic mass is 35.5. The van der Waals surface area contributed by atoms with Crippen LogP contribution in [0.5, 0.6) is 0 Å². The number of fused-ring (bicyclic) bond motifs is 1. The van der Waals surface area contributed by atoms with Gasteiger partial charge in [0.05, 0.1) is 22.9 Å². The van der Waals surface area contributed by atoms with E-state index in [2.05, 4.69) is 0 Å². The molecule has 0 bridgehead atoms. The standard InChI is InChI=1S/C21H15ClF2N2O3S2/c1-30-15-6-4-5-14(11-15)26-21(27)25(12-16-17(22)9-13(23)10-18(16)24)19-7-2-3-8-20(19)31(26,28)29/h2-11H,12H2,1H3. The van der Waals surface area contributed by atoms with Gasteiger partial charge in [-0.1, -0.05) is 29.8 Å². The summed E-state index contributed by atoms with van der Waals surface area (Å²) in [5.41, 5.74) is 0.120. The van der Waals surface area contributed by atoms with E-state index in [9.17, 15) is 22.0 Å². The number of hydrogen-bond donors (Lipinski definition) is 0. The number of sulfonamides is 1. The van der Waals surface area contributed by atoms with Crippen LogP contribution >= 0.6 is 23.4 Å². The zero-order valence-electron chi connectivity index (χ0n) is 16.1. The first-order chi connectivity index (χ1) is 14.7. The number of urea groups is 1. The van der Waals surface area contributed by atoms with Gasteiger partial charge in [0, 0.05) is 16.5 Å². The van der Waals surface area contributed by atoms with Crippen LogP contribution in [0.15, 0.2) is 70.5 Å². The first-order valence-electron chi connectivity index (χ1n) is 8.97. The van der Waals surface area contributed by atoms with Crippen molar-refractivity contribution < 1.29 is 22.0 Å². The highest BCUT2D eigenvalue weighted by Gasteiger charge is 2.42. The molecule has 3 aromatic carbocycles. The summed E-state index contributed by atoms with van der Waals surface area (Å²) in [5, 5.41) is -0.202. The number of carbonyl (C=O) groups is 1. The smallest absolute Gasteiger partial charge is 0.287 e. The second kappa shape index (κ2) is 8.14. The van der Waals surface area contributed by atoms with Crippen molar-refractivity contribution >= 4 is 50.8 Å². The Kier molecular flexibility index (Phi) is 5.67. The monoisotopic (exact) mass is 480 g/mol. The maximum atomic E-state index is 14.4. The Morgan fingerprint density at radius 3 is 2.48 bits per heavy atom. The zero-order chi connectivity index (χ0) is 22.3. The van der Waals surface area contributed by atoms with E-state index < -0.39 is 27.7 Å². The molecule has 10 heteroatoms. The van der Waals surface area contributed by atoms with Gasteiger partial charge in [-0.15, -0.1) is 11.8 Å². The molecule has 3 aromatic rings. The van der Waals surface area contributed by atoms with E-state index in [-0.39, 0.29) is 33.4 Å². The van der Waals surface area contributed by atoms with Crippen molar-refractivity contribution in [3.05, 3.63) is 82.9 Å². The molecule has 0 atom stereocenters. The van der Waals surface area contributed by atoms with Crippen LogP contribution in [0.2, 0.25) is 5.02 Å². The maximum absolute atomic E-state index is 14.4. The van der Waals surface area contributed by atoms with Crippen molar-refractivity contribution in [2.45, 2.75) is 16.3 Å². The van der Waals surface area contributed by atoms with Gasteiger partial charge in [-0.3, -0.25) is 4.90 Å². The molecule has 0 aromatic heterocycles. The molecule has 0 aliphatic carbocycles. The van der Waals surface area contributed by atoms with E-state index in [0.717, 1.165) is 15.9 Å². The molecule has 0 saturated heterocycles. The Morgan fingerprint density at radius 1 is 1.03 bits per heavy atom. The van der Waals surface area contributed by atoms with Crippen LogP contribution in [0.25, 0.3) is 0 Å². The van der Waals surface area contributed by atoms with Crippen LogP contribution in [-0.2, 0) is 16.6 Å². The van der Waals surface area contributed by atoms with Crippen LogP contribution in [0.1, 0.15) is 5.56 Å². The van der Waals surface area contributed by atoms with Gasteiger partial charge in [0.25, 0.3) is 10.0 Å². The number of para-hydroxylation sites is 1. The van der Waals surface area contributed by atoms with Crippen molar-refractivity contribution in [1.29, 1.82) is 0 Å². The van der Waals surface area contributed by atoms with Gasteiger partial charge in [-0.05, 0) is 42.7 Å². The van der Waals surface area contributed by atoms with Gasteiger partial charge in [-0.2, -0.15) is 4.31 Å². The molecule has 1 aliphatic rings. The average Bonchev–Trinajstić information content (AvgIpc) is 2.72. The Labute approximate surface area is 187 Å². The molecule has 1 aliphatic heterocycles. The van der Waals surface area contributed by atoms with Gasteiger partial charge >= 0.3 is 6.03 Å². The van der Waals surface area contributed by atoms with E-state index in [4.69, 9.17) is 11.6 Å². The topological polar surface area (TPSA) is 57.7 Å². The number of benzene rings is 3. The van der Waals surface area contributed by atoms with Crippen molar-refractivity contribution in [3.63, 3.8) is 0 Å². The van der Waals surface area contributed by atoms with Crippen molar-refractivity contribution in [2.75, 3.05) is 15.5 Å². The van der Waals surface area contributed by atoms with Crippen LogP contribution in [-0.4, -0.2) is 20.7 Å². The molecule has 5 nitrogen and oxygen atoms in total. The van der Waals surface area contributed by atoms with Gasteiger partial charge in [0.1, 0.15) is 16.5 Å². The van der Waals surface area contributed by atoms with Gasteiger partial charge in [-0.25, -0.2) is 22.0 Å². The number of amides is 2. The first kappa shape index (κ1) is 21.6. The molecule has 0 unspecified atom stereocenters. The summed E-state index contributed by atoms with van der Waals surface area (Å²) in [6.45, 7) is -0.380. The fourth-order valence-corrected chi connectivity index (χ4v) is 5.62. The molecule has 2 amide bonds. The molecule has 0 spiro atoms. The summed E-state index contributed by atoms with van der Waals surface area (Å²) in [6, 6.07) is 13.2. The lowest BCUT2D eigenvalue weighted by Crippen LogP contribution is -2.50.